The average Bonchev–Trinajstić information content (AvgIpc) is 3.06. The number of hydrogen-bond donors (Lipinski definition) is 0. The zero-order valence-electron chi connectivity index (χ0n) is 15.5. The zero-order valence-corrected chi connectivity index (χ0v) is 15.5. The number of fused-ring (bicyclic) bond motifs is 1. The maximum Gasteiger partial charge on any atom is 0.309 e. The lowest BCUT2D eigenvalue weighted by molar-refractivity contribution is -0.146. The van der Waals surface area contributed by atoms with Gasteiger partial charge in [0, 0.05) is 19.7 Å². The third-order valence-corrected chi connectivity index (χ3v) is 5.29. The van der Waals surface area contributed by atoms with Crippen molar-refractivity contribution < 1.29 is 28.5 Å². The molecule has 1 aromatic carbocycles. The quantitative estimate of drug-likeness (QED) is 0.680. The summed E-state index contributed by atoms with van der Waals surface area (Å²) in [6.07, 6.45) is 2.06. The molecule has 3 atom stereocenters. The number of ether oxygens (including phenoxy) is 4. The minimum Gasteiger partial charge on any atom is -0.466 e. The number of rotatable bonds is 7. The largest absolute Gasteiger partial charge is 0.466 e. The number of esters is 1. The second-order valence-electron chi connectivity index (χ2n) is 7.26. The van der Waals surface area contributed by atoms with Crippen LogP contribution >= 0.6 is 0 Å². The lowest BCUT2D eigenvalue weighted by atomic mass is 10.1. The summed E-state index contributed by atoms with van der Waals surface area (Å²) >= 11 is 0. The van der Waals surface area contributed by atoms with Crippen molar-refractivity contribution in [2.24, 2.45) is 11.8 Å². The van der Waals surface area contributed by atoms with Crippen molar-refractivity contribution in [2.75, 3.05) is 26.6 Å². The van der Waals surface area contributed by atoms with Crippen LogP contribution in [0.3, 0.4) is 0 Å². The fraction of sp³-hybridized carbons (Fsp3) is 0.600. The Morgan fingerprint density at radius 3 is 2.89 bits per heavy atom. The van der Waals surface area contributed by atoms with E-state index in [2.05, 4.69) is 0 Å². The van der Waals surface area contributed by atoms with Gasteiger partial charge in [0.1, 0.15) is 6.10 Å². The first kappa shape index (κ1) is 18.1. The van der Waals surface area contributed by atoms with E-state index in [1.54, 1.807) is 0 Å². The molecular weight excluding hydrogens is 350 g/mol. The standard InChI is InChI=1S/C20H25NO6/c1-2-24-20(23)15-9-14(15)11-21(19(22)17-4-3-7-25-17)10-13-5-6-16-18(8-13)27-12-26-16/h5-6,8,14-15,17H,2-4,7,9-12H2,1H3/t14-,15+,17+/m1/s1. The van der Waals surface area contributed by atoms with Gasteiger partial charge in [-0.3, -0.25) is 9.59 Å². The van der Waals surface area contributed by atoms with Crippen LogP contribution in [0.2, 0.25) is 0 Å². The first-order chi connectivity index (χ1) is 13.2. The Morgan fingerprint density at radius 2 is 2.11 bits per heavy atom. The van der Waals surface area contributed by atoms with Gasteiger partial charge in [0.05, 0.1) is 12.5 Å². The van der Waals surface area contributed by atoms with Crippen LogP contribution in [0.5, 0.6) is 11.5 Å². The highest BCUT2D eigenvalue weighted by atomic mass is 16.7. The Bertz CT molecular complexity index is 714. The molecule has 2 aliphatic heterocycles. The number of carbonyl (C=O) groups excluding carboxylic acids is 2. The normalized spacial score (nSPS) is 25.3. The summed E-state index contributed by atoms with van der Waals surface area (Å²) in [6, 6.07) is 5.72. The van der Waals surface area contributed by atoms with E-state index in [1.165, 1.54) is 0 Å². The Morgan fingerprint density at radius 1 is 1.26 bits per heavy atom. The molecule has 2 heterocycles. The van der Waals surface area contributed by atoms with Crippen LogP contribution in [-0.2, 0) is 25.6 Å². The minimum absolute atomic E-state index is 0.000300. The van der Waals surface area contributed by atoms with Gasteiger partial charge < -0.3 is 23.8 Å². The number of carbonyl (C=O) groups is 2. The molecule has 0 spiro atoms. The van der Waals surface area contributed by atoms with Crippen LogP contribution in [0, 0.1) is 11.8 Å². The van der Waals surface area contributed by atoms with E-state index in [4.69, 9.17) is 18.9 Å². The molecule has 1 saturated carbocycles. The summed E-state index contributed by atoms with van der Waals surface area (Å²) in [7, 11) is 0. The zero-order chi connectivity index (χ0) is 18.8. The summed E-state index contributed by atoms with van der Waals surface area (Å²) in [5.41, 5.74) is 0.971. The van der Waals surface area contributed by atoms with Crippen LogP contribution in [-0.4, -0.2) is 49.4 Å². The monoisotopic (exact) mass is 375 g/mol. The topological polar surface area (TPSA) is 74.3 Å². The Hall–Kier alpha value is -2.28. The number of nitrogens with zero attached hydrogens (tertiary/aromatic N) is 1. The van der Waals surface area contributed by atoms with Crippen molar-refractivity contribution in [3.63, 3.8) is 0 Å². The van der Waals surface area contributed by atoms with E-state index in [-0.39, 0.29) is 36.6 Å². The maximum absolute atomic E-state index is 13.0. The van der Waals surface area contributed by atoms with Crippen LogP contribution < -0.4 is 9.47 Å². The SMILES string of the molecule is CCOC(=O)[C@H]1C[C@@H]1CN(Cc1ccc2c(c1)OCO2)C(=O)[C@@H]1CCCO1. The maximum atomic E-state index is 13.0. The first-order valence-corrected chi connectivity index (χ1v) is 9.61. The van der Waals surface area contributed by atoms with Crippen LogP contribution in [0.4, 0.5) is 0 Å². The van der Waals surface area contributed by atoms with Crippen molar-refractivity contribution in [2.45, 2.75) is 38.8 Å². The molecule has 27 heavy (non-hydrogen) atoms. The molecule has 4 rings (SSSR count). The van der Waals surface area contributed by atoms with E-state index in [1.807, 2.05) is 30.0 Å². The molecule has 2 fully saturated rings. The highest BCUT2D eigenvalue weighted by Crippen LogP contribution is 2.41. The van der Waals surface area contributed by atoms with E-state index in [9.17, 15) is 9.59 Å². The molecule has 7 nitrogen and oxygen atoms in total. The van der Waals surface area contributed by atoms with E-state index in [0.717, 1.165) is 30.6 Å². The van der Waals surface area contributed by atoms with Gasteiger partial charge in [0.15, 0.2) is 11.5 Å². The van der Waals surface area contributed by atoms with Gasteiger partial charge in [-0.15, -0.1) is 0 Å². The van der Waals surface area contributed by atoms with Crippen LogP contribution in [0.25, 0.3) is 0 Å². The van der Waals surface area contributed by atoms with Gasteiger partial charge >= 0.3 is 5.97 Å². The van der Waals surface area contributed by atoms with Crippen LogP contribution in [0.15, 0.2) is 18.2 Å². The van der Waals surface area contributed by atoms with E-state index in [0.29, 0.717) is 32.1 Å². The molecule has 0 N–H and O–H groups in total. The molecule has 1 amide bonds. The number of amides is 1. The molecule has 1 aliphatic carbocycles. The smallest absolute Gasteiger partial charge is 0.309 e. The van der Waals surface area contributed by atoms with Gasteiger partial charge in [-0.25, -0.2) is 0 Å². The highest BCUT2D eigenvalue weighted by Gasteiger charge is 2.46. The van der Waals surface area contributed by atoms with Gasteiger partial charge in [0.2, 0.25) is 6.79 Å². The fourth-order valence-corrected chi connectivity index (χ4v) is 3.74. The average molecular weight is 375 g/mol. The third kappa shape index (κ3) is 4.03. The molecular formula is C20H25NO6. The molecule has 0 unspecified atom stereocenters. The van der Waals surface area contributed by atoms with Crippen molar-refractivity contribution in [3.8, 4) is 11.5 Å². The molecule has 0 bridgehead atoms. The third-order valence-electron chi connectivity index (χ3n) is 5.29. The lowest BCUT2D eigenvalue weighted by Gasteiger charge is -2.26. The van der Waals surface area contributed by atoms with Gasteiger partial charge in [0.25, 0.3) is 5.91 Å². The van der Waals surface area contributed by atoms with Crippen molar-refractivity contribution in [3.05, 3.63) is 23.8 Å². The molecule has 0 aromatic heterocycles. The molecule has 0 radical (unpaired) electrons. The second-order valence-corrected chi connectivity index (χ2v) is 7.26. The summed E-state index contributed by atoms with van der Waals surface area (Å²) in [4.78, 5) is 26.7. The Labute approximate surface area is 158 Å². The summed E-state index contributed by atoms with van der Waals surface area (Å²) in [5, 5.41) is 0. The highest BCUT2D eigenvalue weighted by molar-refractivity contribution is 5.81. The second kappa shape index (κ2) is 7.76. The number of hydrogen-bond acceptors (Lipinski definition) is 6. The fourth-order valence-electron chi connectivity index (χ4n) is 3.74. The molecule has 3 aliphatic rings. The van der Waals surface area contributed by atoms with E-state index < -0.39 is 0 Å². The predicted molar refractivity (Wildman–Crippen MR) is 95.2 cm³/mol. The minimum atomic E-state index is -0.376. The van der Waals surface area contributed by atoms with Crippen molar-refractivity contribution in [1.29, 1.82) is 0 Å². The van der Waals surface area contributed by atoms with Gasteiger partial charge in [-0.1, -0.05) is 6.07 Å². The molecule has 7 heteroatoms. The predicted octanol–water partition coefficient (Wildman–Crippen LogP) is 2.12. The van der Waals surface area contributed by atoms with Crippen molar-refractivity contribution >= 4 is 11.9 Å². The summed E-state index contributed by atoms with van der Waals surface area (Å²) in [5.74, 6) is 1.33. The van der Waals surface area contributed by atoms with E-state index >= 15 is 0 Å². The molecule has 146 valence electrons. The summed E-state index contributed by atoms with van der Waals surface area (Å²) in [6.45, 7) is 4.04. The van der Waals surface area contributed by atoms with Gasteiger partial charge in [-0.2, -0.15) is 0 Å². The summed E-state index contributed by atoms with van der Waals surface area (Å²) < 4.78 is 21.5. The first-order valence-electron chi connectivity index (χ1n) is 9.61. The molecule has 1 aromatic rings. The lowest BCUT2D eigenvalue weighted by Crippen LogP contribution is -2.40. The van der Waals surface area contributed by atoms with Crippen molar-refractivity contribution in [1.82, 2.24) is 4.90 Å². The van der Waals surface area contributed by atoms with Gasteiger partial charge in [-0.05, 0) is 49.8 Å². The Balaban J connectivity index is 1.45. The van der Waals surface area contributed by atoms with Crippen LogP contribution in [0.1, 0.15) is 31.7 Å². The molecule has 1 saturated heterocycles. The Kier molecular flexibility index (Phi) is 5.20. The number of benzene rings is 1.